The van der Waals surface area contributed by atoms with E-state index in [4.69, 9.17) is 5.26 Å². The van der Waals surface area contributed by atoms with Crippen LogP contribution in [0.15, 0.2) is 42.5 Å². The number of carbonyl (C=O) groups excluding carboxylic acids is 1. The Bertz CT molecular complexity index is 741. The number of nitriles is 1. The SMILES string of the molecule is N#Cc1ccc(NCCCNC(=O)c2cccc(O)c2)c(F)c1. The molecule has 5 nitrogen and oxygen atoms in total. The number of aromatic hydroxyl groups is 1. The Labute approximate surface area is 133 Å². The van der Waals surface area contributed by atoms with E-state index >= 15 is 0 Å². The molecule has 0 saturated heterocycles. The van der Waals surface area contributed by atoms with Gasteiger partial charge in [0.1, 0.15) is 11.6 Å². The van der Waals surface area contributed by atoms with Gasteiger partial charge in [-0.1, -0.05) is 6.07 Å². The van der Waals surface area contributed by atoms with Crippen molar-refractivity contribution < 1.29 is 14.3 Å². The van der Waals surface area contributed by atoms with Gasteiger partial charge in [-0.25, -0.2) is 4.39 Å². The highest BCUT2D eigenvalue weighted by molar-refractivity contribution is 5.94. The molecule has 0 unspecified atom stereocenters. The number of nitrogens with zero attached hydrogens (tertiary/aromatic N) is 1. The van der Waals surface area contributed by atoms with Gasteiger partial charge in [0.15, 0.2) is 0 Å². The summed E-state index contributed by atoms with van der Waals surface area (Å²) >= 11 is 0. The molecular weight excluding hydrogens is 297 g/mol. The van der Waals surface area contributed by atoms with Crippen LogP contribution in [-0.4, -0.2) is 24.1 Å². The average molecular weight is 313 g/mol. The van der Waals surface area contributed by atoms with Gasteiger partial charge < -0.3 is 15.7 Å². The molecule has 0 saturated carbocycles. The standard InChI is InChI=1S/C17H16FN3O2/c18-15-9-12(11-19)5-6-16(15)20-7-2-8-21-17(23)13-3-1-4-14(22)10-13/h1,3-6,9-10,20,22H,2,7-8H2,(H,21,23). The minimum atomic E-state index is -0.479. The summed E-state index contributed by atoms with van der Waals surface area (Å²) in [7, 11) is 0. The van der Waals surface area contributed by atoms with Crippen LogP contribution in [0.5, 0.6) is 5.75 Å². The maximum atomic E-state index is 13.6. The van der Waals surface area contributed by atoms with Crippen LogP contribution < -0.4 is 10.6 Å². The maximum Gasteiger partial charge on any atom is 0.251 e. The molecule has 2 aromatic carbocycles. The summed E-state index contributed by atoms with van der Waals surface area (Å²) < 4.78 is 13.6. The van der Waals surface area contributed by atoms with Gasteiger partial charge in [-0.05, 0) is 42.8 Å². The second-order valence-electron chi connectivity index (χ2n) is 4.89. The lowest BCUT2D eigenvalue weighted by Crippen LogP contribution is -2.25. The third-order valence-corrected chi connectivity index (χ3v) is 3.16. The van der Waals surface area contributed by atoms with Gasteiger partial charge in [0.2, 0.25) is 0 Å². The number of carbonyl (C=O) groups is 1. The number of hydrogen-bond donors (Lipinski definition) is 3. The van der Waals surface area contributed by atoms with E-state index in [2.05, 4.69) is 10.6 Å². The molecular formula is C17H16FN3O2. The predicted octanol–water partition coefficient (Wildman–Crippen LogP) is 2.63. The van der Waals surface area contributed by atoms with Crippen molar-refractivity contribution in [1.82, 2.24) is 5.32 Å². The minimum Gasteiger partial charge on any atom is -0.508 e. The first-order valence-electron chi connectivity index (χ1n) is 7.11. The van der Waals surface area contributed by atoms with Crippen LogP contribution in [0.3, 0.4) is 0 Å². The number of anilines is 1. The van der Waals surface area contributed by atoms with Crippen LogP contribution >= 0.6 is 0 Å². The van der Waals surface area contributed by atoms with Gasteiger partial charge in [0.25, 0.3) is 5.91 Å². The molecule has 23 heavy (non-hydrogen) atoms. The van der Waals surface area contributed by atoms with Gasteiger partial charge >= 0.3 is 0 Å². The van der Waals surface area contributed by atoms with Crippen LogP contribution in [-0.2, 0) is 0 Å². The zero-order valence-corrected chi connectivity index (χ0v) is 12.3. The van der Waals surface area contributed by atoms with Crippen LogP contribution in [0.2, 0.25) is 0 Å². The molecule has 0 aromatic heterocycles. The van der Waals surface area contributed by atoms with E-state index in [1.165, 1.54) is 30.3 Å². The summed E-state index contributed by atoms with van der Waals surface area (Å²) in [6.07, 6.45) is 0.601. The van der Waals surface area contributed by atoms with Crippen molar-refractivity contribution in [2.24, 2.45) is 0 Å². The van der Waals surface area contributed by atoms with Gasteiger partial charge in [-0.2, -0.15) is 5.26 Å². The number of nitrogens with one attached hydrogen (secondary N) is 2. The smallest absolute Gasteiger partial charge is 0.251 e. The molecule has 0 heterocycles. The summed E-state index contributed by atoms with van der Waals surface area (Å²) in [5.41, 5.74) is 0.978. The van der Waals surface area contributed by atoms with Gasteiger partial charge in [0.05, 0.1) is 17.3 Å². The minimum absolute atomic E-state index is 0.0376. The molecule has 0 atom stereocenters. The van der Waals surface area contributed by atoms with Crippen molar-refractivity contribution in [1.29, 1.82) is 5.26 Å². The van der Waals surface area contributed by atoms with Crippen LogP contribution in [0.4, 0.5) is 10.1 Å². The summed E-state index contributed by atoms with van der Waals surface area (Å²) in [6.45, 7) is 0.891. The van der Waals surface area contributed by atoms with E-state index in [-0.39, 0.29) is 17.2 Å². The van der Waals surface area contributed by atoms with Crippen molar-refractivity contribution in [3.05, 3.63) is 59.4 Å². The van der Waals surface area contributed by atoms with Crippen molar-refractivity contribution in [3.8, 4) is 11.8 Å². The largest absolute Gasteiger partial charge is 0.508 e. The lowest BCUT2D eigenvalue weighted by atomic mass is 10.2. The second kappa shape index (κ2) is 7.80. The lowest BCUT2D eigenvalue weighted by molar-refractivity contribution is 0.0953. The zero-order valence-electron chi connectivity index (χ0n) is 12.3. The zero-order chi connectivity index (χ0) is 16.7. The summed E-state index contributed by atoms with van der Waals surface area (Å²) in [6, 6.07) is 12.2. The number of benzene rings is 2. The third-order valence-electron chi connectivity index (χ3n) is 3.16. The normalized spacial score (nSPS) is 9.91. The van der Waals surface area contributed by atoms with Gasteiger partial charge in [-0.3, -0.25) is 4.79 Å². The molecule has 0 spiro atoms. The highest BCUT2D eigenvalue weighted by Gasteiger charge is 2.06. The summed E-state index contributed by atoms with van der Waals surface area (Å²) in [5.74, 6) is -0.714. The van der Waals surface area contributed by atoms with Crippen molar-refractivity contribution in [2.45, 2.75) is 6.42 Å². The van der Waals surface area contributed by atoms with Crippen molar-refractivity contribution >= 4 is 11.6 Å². The van der Waals surface area contributed by atoms with Gasteiger partial charge in [-0.15, -0.1) is 0 Å². The molecule has 0 fully saturated rings. The number of halogens is 1. The Morgan fingerprint density at radius 1 is 1.22 bits per heavy atom. The molecule has 0 radical (unpaired) electrons. The first-order valence-corrected chi connectivity index (χ1v) is 7.11. The van der Waals surface area contributed by atoms with E-state index < -0.39 is 5.82 Å². The molecule has 2 aromatic rings. The molecule has 118 valence electrons. The molecule has 0 bridgehead atoms. The Kier molecular flexibility index (Phi) is 5.53. The molecule has 0 aliphatic heterocycles. The van der Waals surface area contributed by atoms with E-state index in [0.29, 0.717) is 30.8 Å². The molecule has 1 amide bonds. The molecule has 6 heteroatoms. The first kappa shape index (κ1) is 16.3. The highest BCUT2D eigenvalue weighted by Crippen LogP contribution is 2.15. The lowest BCUT2D eigenvalue weighted by Gasteiger charge is -2.09. The number of phenols is 1. The average Bonchev–Trinajstić information content (AvgIpc) is 2.55. The number of amides is 1. The number of phenolic OH excluding ortho intramolecular Hbond substituents is 1. The van der Waals surface area contributed by atoms with Crippen LogP contribution in [0, 0.1) is 17.1 Å². The quantitative estimate of drug-likeness (QED) is 0.716. The molecule has 0 aliphatic rings. The van der Waals surface area contributed by atoms with E-state index in [1.807, 2.05) is 6.07 Å². The maximum absolute atomic E-state index is 13.6. The van der Waals surface area contributed by atoms with Crippen molar-refractivity contribution in [2.75, 3.05) is 18.4 Å². The Balaban J connectivity index is 1.74. The molecule has 0 aliphatic carbocycles. The fourth-order valence-electron chi connectivity index (χ4n) is 1.99. The van der Waals surface area contributed by atoms with Crippen molar-refractivity contribution in [3.63, 3.8) is 0 Å². The Hall–Kier alpha value is -3.07. The summed E-state index contributed by atoms with van der Waals surface area (Å²) in [4.78, 5) is 11.8. The molecule has 2 rings (SSSR count). The predicted molar refractivity (Wildman–Crippen MR) is 84.7 cm³/mol. The topological polar surface area (TPSA) is 85.2 Å². The van der Waals surface area contributed by atoms with E-state index in [1.54, 1.807) is 12.1 Å². The van der Waals surface area contributed by atoms with Crippen LogP contribution in [0.1, 0.15) is 22.3 Å². The summed E-state index contributed by atoms with van der Waals surface area (Å²) in [5, 5.41) is 23.6. The van der Waals surface area contributed by atoms with E-state index in [9.17, 15) is 14.3 Å². The Morgan fingerprint density at radius 3 is 2.74 bits per heavy atom. The second-order valence-corrected chi connectivity index (χ2v) is 4.89. The van der Waals surface area contributed by atoms with Crippen LogP contribution in [0.25, 0.3) is 0 Å². The fraction of sp³-hybridized carbons (Fsp3) is 0.176. The van der Waals surface area contributed by atoms with E-state index in [0.717, 1.165) is 0 Å². The van der Waals surface area contributed by atoms with Gasteiger partial charge in [0, 0.05) is 18.7 Å². The monoisotopic (exact) mass is 313 g/mol. The first-order chi connectivity index (χ1) is 11.1. The Morgan fingerprint density at radius 2 is 2.04 bits per heavy atom. The molecule has 3 N–H and O–H groups in total. The number of rotatable bonds is 6. The highest BCUT2D eigenvalue weighted by atomic mass is 19.1. The third kappa shape index (κ3) is 4.71. The fourth-order valence-corrected chi connectivity index (χ4v) is 1.99. The number of hydrogen-bond acceptors (Lipinski definition) is 4.